The molecular formula is C23H28N4O5. The number of carbonyl (C=O) groups is 2. The normalized spacial score (nSPS) is 15.6. The number of para-hydroxylation sites is 1. The van der Waals surface area contributed by atoms with Crippen molar-refractivity contribution >= 4 is 23.2 Å². The van der Waals surface area contributed by atoms with E-state index in [0.29, 0.717) is 32.8 Å². The van der Waals surface area contributed by atoms with Crippen molar-refractivity contribution in [2.24, 2.45) is 5.92 Å². The molecule has 1 heterocycles. The molecule has 1 atom stereocenters. The summed E-state index contributed by atoms with van der Waals surface area (Å²) in [7, 11) is 0. The highest BCUT2D eigenvalue weighted by Gasteiger charge is 2.28. The molecule has 9 nitrogen and oxygen atoms in total. The molecule has 1 aliphatic rings. The summed E-state index contributed by atoms with van der Waals surface area (Å²) < 4.78 is 5.59. The zero-order valence-corrected chi connectivity index (χ0v) is 17.9. The molecule has 2 aromatic carbocycles. The highest BCUT2D eigenvalue weighted by molar-refractivity contribution is 5.81. The molecule has 2 amide bonds. The number of nitrogens with zero attached hydrogens (tertiary/aromatic N) is 2. The van der Waals surface area contributed by atoms with Crippen LogP contribution in [-0.2, 0) is 9.59 Å². The van der Waals surface area contributed by atoms with E-state index in [0.717, 1.165) is 24.3 Å². The van der Waals surface area contributed by atoms with E-state index in [4.69, 9.17) is 4.74 Å². The Morgan fingerprint density at radius 1 is 1.09 bits per heavy atom. The van der Waals surface area contributed by atoms with E-state index in [9.17, 15) is 19.7 Å². The fourth-order valence-electron chi connectivity index (χ4n) is 3.59. The van der Waals surface area contributed by atoms with Crippen LogP contribution in [0.2, 0.25) is 0 Å². The van der Waals surface area contributed by atoms with Gasteiger partial charge in [0.05, 0.1) is 23.9 Å². The second-order valence-corrected chi connectivity index (χ2v) is 7.61. The molecule has 0 bridgehead atoms. The van der Waals surface area contributed by atoms with Gasteiger partial charge in [0.15, 0.2) is 0 Å². The van der Waals surface area contributed by atoms with Crippen LogP contribution in [0.3, 0.4) is 0 Å². The van der Waals surface area contributed by atoms with Gasteiger partial charge in [0, 0.05) is 44.0 Å². The largest absolute Gasteiger partial charge is 0.493 e. The number of amides is 2. The topological polar surface area (TPSA) is 114 Å². The lowest BCUT2D eigenvalue weighted by molar-refractivity contribution is -0.384. The molecule has 0 aliphatic carbocycles. The van der Waals surface area contributed by atoms with Gasteiger partial charge in [0.25, 0.3) is 5.69 Å². The Kier molecular flexibility index (Phi) is 8.42. The number of nitro benzene ring substituents is 1. The molecule has 1 saturated heterocycles. The van der Waals surface area contributed by atoms with Crippen molar-refractivity contribution < 1.29 is 19.2 Å². The molecule has 2 aromatic rings. The van der Waals surface area contributed by atoms with E-state index in [1.807, 2.05) is 30.3 Å². The summed E-state index contributed by atoms with van der Waals surface area (Å²) in [5.41, 5.74) is 0.781. The van der Waals surface area contributed by atoms with Crippen molar-refractivity contribution in [1.29, 1.82) is 0 Å². The van der Waals surface area contributed by atoms with E-state index in [2.05, 4.69) is 10.6 Å². The Morgan fingerprint density at radius 3 is 2.56 bits per heavy atom. The van der Waals surface area contributed by atoms with E-state index in [-0.39, 0.29) is 29.8 Å². The Labute approximate surface area is 186 Å². The Hall–Kier alpha value is -3.62. The first-order chi connectivity index (χ1) is 15.5. The number of nitro groups is 1. The van der Waals surface area contributed by atoms with Crippen molar-refractivity contribution in [1.82, 2.24) is 10.2 Å². The quantitative estimate of drug-likeness (QED) is 0.334. The lowest BCUT2D eigenvalue weighted by Crippen LogP contribution is -2.46. The fourth-order valence-corrected chi connectivity index (χ4v) is 3.59. The summed E-state index contributed by atoms with van der Waals surface area (Å²) in [5.74, 6) is 0.451. The lowest BCUT2D eigenvalue weighted by atomic mass is 9.97. The van der Waals surface area contributed by atoms with Crippen LogP contribution in [0.5, 0.6) is 5.75 Å². The average Bonchev–Trinajstić information content (AvgIpc) is 2.82. The number of carbonyl (C=O) groups excluding carboxylic acids is 2. The van der Waals surface area contributed by atoms with E-state index in [1.54, 1.807) is 17.0 Å². The number of rotatable bonds is 10. The van der Waals surface area contributed by atoms with Gasteiger partial charge in [-0.15, -0.1) is 0 Å². The zero-order chi connectivity index (χ0) is 22.8. The third kappa shape index (κ3) is 6.97. The number of likely N-dealkylation sites (tertiary alicyclic amines) is 1. The zero-order valence-electron chi connectivity index (χ0n) is 17.9. The standard InChI is InChI=1S/C23H28N4O5/c28-22(12-16-32-21-6-2-1-3-7-21)26-15-4-5-18(17-26)23(29)25-14-13-24-19-8-10-20(11-9-19)27(30)31/h1-3,6-11,18,24H,4-5,12-17H2,(H,25,29). The van der Waals surface area contributed by atoms with Crippen LogP contribution in [0, 0.1) is 16.0 Å². The van der Waals surface area contributed by atoms with Gasteiger partial charge in [0.2, 0.25) is 11.8 Å². The number of hydrogen-bond acceptors (Lipinski definition) is 6. The molecule has 32 heavy (non-hydrogen) atoms. The number of benzene rings is 2. The van der Waals surface area contributed by atoms with Gasteiger partial charge in [-0.05, 0) is 37.1 Å². The Morgan fingerprint density at radius 2 is 1.84 bits per heavy atom. The second kappa shape index (κ2) is 11.7. The maximum absolute atomic E-state index is 12.5. The average molecular weight is 441 g/mol. The van der Waals surface area contributed by atoms with E-state index in [1.165, 1.54) is 12.1 Å². The van der Waals surface area contributed by atoms with Crippen LogP contribution in [0.25, 0.3) is 0 Å². The molecule has 3 rings (SSSR count). The van der Waals surface area contributed by atoms with Crippen LogP contribution in [0.15, 0.2) is 54.6 Å². The number of nitrogens with one attached hydrogen (secondary N) is 2. The SMILES string of the molecule is O=C(NCCNc1ccc([N+](=O)[O-])cc1)C1CCCN(C(=O)CCOc2ccccc2)C1. The van der Waals surface area contributed by atoms with Crippen LogP contribution in [0.1, 0.15) is 19.3 Å². The molecule has 0 radical (unpaired) electrons. The molecule has 0 aromatic heterocycles. The summed E-state index contributed by atoms with van der Waals surface area (Å²) in [6.45, 7) is 2.31. The molecule has 9 heteroatoms. The Bertz CT molecular complexity index is 904. The summed E-state index contributed by atoms with van der Waals surface area (Å²) in [6, 6.07) is 15.5. The second-order valence-electron chi connectivity index (χ2n) is 7.61. The predicted octanol–water partition coefficient (Wildman–Crippen LogP) is 2.83. The number of hydrogen-bond donors (Lipinski definition) is 2. The molecule has 1 fully saturated rings. The van der Waals surface area contributed by atoms with Gasteiger partial charge < -0.3 is 20.3 Å². The summed E-state index contributed by atoms with van der Waals surface area (Å²) in [6.07, 6.45) is 1.83. The van der Waals surface area contributed by atoms with Crippen molar-refractivity contribution in [3.8, 4) is 5.75 Å². The van der Waals surface area contributed by atoms with Crippen molar-refractivity contribution in [2.75, 3.05) is 38.1 Å². The van der Waals surface area contributed by atoms with Crippen molar-refractivity contribution in [3.05, 3.63) is 64.7 Å². The molecule has 0 saturated carbocycles. The predicted molar refractivity (Wildman–Crippen MR) is 120 cm³/mol. The molecule has 170 valence electrons. The molecule has 2 N–H and O–H groups in total. The van der Waals surface area contributed by atoms with Gasteiger partial charge in [0.1, 0.15) is 5.75 Å². The van der Waals surface area contributed by atoms with Crippen LogP contribution in [0.4, 0.5) is 11.4 Å². The fraction of sp³-hybridized carbons (Fsp3) is 0.391. The summed E-state index contributed by atoms with van der Waals surface area (Å²) in [4.78, 5) is 37.0. The minimum Gasteiger partial charge on any atom is -0.493 e. The summed E-state index contributed by atoms with van der Waals surface area (Å²) in [5, 5.41) is 16.7. The third-order valence-corrected chi connectivity index (χ3v) is 5.30. The van der Waals surface area contributed by atoms with E-state index >= 15 is 0 Å². The van der Waals surface area contributed by atoms with Gasteiger partial charge in [-0.25, -0.2) is 0 Å². The molecule has 1 unspecified atom stereocenters. The van der Waals surface area contributed by atoms with E-state index < -0.39 is 4.92 Å². The highest BCUT2D eigenvalue weighted by atomic mass is 16.6. The first kappa shape index (κ1) is 23.1. The first-order valence-corrected chi connectivity index (χ1v) is 10.7. The molecular weight excluding hydrogens is 412 g/mol. The number of non-ortho nitro benzene ring substituents is 1. The maximum atomic E-state index is 12.5. The highest BCUT2D eigenvalue weighted by Crippen LogP contribution is 2.18. The Balaban J connectivity index is 1.35. The van der Waals surface area contributed by atoms with Gasteiger partial charge >= 0.3 is 0 Å². The van der Waals surface area contributed by atoms with Gasteiger partial charge in [-0.1, -0.05) is 18.2 Å². The van der Waals surface area contributed by atoms with Crippen LogP contribution < -0.4 is 15.4 Å². The lowest BCUT2D eigenvalue weighted by Gasteiger charge is -2.32. The number of piperidine rings is 1. The smallest absolute Gasteiger partial charge is 0.269 e. The molecule has 0 spiro atoms. The third-order valence-electron chi connectivity index (χ3n) is 5.30. The van der Waals surface area contributed by atoms with Crippen LogP contribution in [-0.4, -0.2) is 54.4 Å². The minimum absolute atomic E-state index is 0.00160. The maximum Gasteiger partial charge on any atom is 0.269 e. The van der Waals surface area contributed by atoms with Crippen molar-refractivity contribution in [3.63, 3.8) is 0 Å². The van der Waals surface area contributed by atoms with Gasteiger partial charge in [-0.3, -0.25) is 19.7 Å². The van der Waals surface area contributed by atoms with Gasteiger partial charge in [-0.2, -0.15) is 0 Å². The first-order valence-electron chi connectivity index (χ1n) is 10.7. The monoisotopic (exact) mass is 440 g/mol. The number of ether oxygens (including phenoxy) is 1. The summed E-state index contributed by atoms with van der Waals surface area (Å²) >= 11 is 0. The van der Waals surface area contributed by atoms with Crippen molar-refractivity contribution in [2.45, 2.75) is 19.3 Å². The number of anilines is 1. The molecule has 1 aliphatic heterocycles. The van der Waals surface area contributed by atoms with Crippen LogP contribution >= 0.6 is 0 Å². The minimum atomic E-state index is -0.446.